The molecule has 1 nitrogen and oxygen atoms in total. The number of hydrogen-bond donors (Lipinski definition) is 0. The van der Waals surface area contributed by atoms with Gasteiger partial charge in [0, 0.05) is 16.2 Å². The number of hydrogen-bond acceptors (Lipinski definition) is 1. The van der Waals surface area contributed by atoms with Gasteiger partial charge in [-0.3, -0.25) is 0 Å². The fourth-order valence-corrected chi connectivity index (χ4v) is 6.21. The maximum Gasteiger partial charge on any atom is 0.135 e. The fraction of sp³-hybridized carbons (Fsp3) is 0.200. The predicted octanol–water partition coefficient (Wildman–Crippen LogP) is 8.40. The van der Waals surface area contributed by atoms with E-state index in [2.05, 4.69) is 73.7 Å². The smallest absolute Gasteiger partial charge is 0.135 e. The molecule has 0 N–H and O–H groups in total. The highest BCUT2D eigenvalue weighted by molar-refractivity contribution is 6.06. The monoisotopic (exact) mass is 400 g/mol. The first-order chi connectivity index (χ1) is 15.2. The summed E-state index contributed by atoms with van der Waals surface area (Å²) in [6.07, 6.45) is 5.19. The van der Waals surface area contributed by atoms with Crippen molar-refractivity contribution in [2.45, 2.75) is 38.0 Å². The molecule has 2 aliphatic carbocycles. The van der Waals surface area contributed by atoms with E-state index in [9.17, 15) is 0 Å². The Morgan fingerprint density at radius 1 is 0.645 bits per heavy atom. The molecule has 1 fully saturated rings. The van der Waals surface area contributed by atoms with E-state index in [1.165, 1.54) is 64.3 Å². The summed E-state index contributed by atoms with van der Waals surface area (Å²) in [5.74, 6) is 0. The molecule has 0 saturated heterocycles. The molecule has 1 spiro atoms. The first kappa shape index (κ1) is 17.4. The van der Waals surface area contributed by atoms with Gasteiger partial charge in [-0.15, -0.1) is 0 Å². The van der Waals surface area contributed by atoms with Crippen LogP contribution in [0.25, 0.3) is 44.2 Å². The van der Waals surface area contributed by atoms with Crippen LogP contribution in [0.2, 0.25) is 0 Å². The van der Waals surface area contributed by atoms with E-state index in [4.69, 9.17) is 4.42 Å². The molecule has 0 aliphatic heterocycles. The Kier molecular flexibility index (Phi) is 3.42. The highest BCUT2D eigenvalue weighted by Gasteiger charge is 2.45. The molecule has 5 aromatic rings. The van der Waals surface area contributed by atoms with E-state index in [1.807, 2.05) is 12.1 Å². The normalized spacial score (nSPS) is 16.3. The molecule has 7 rings (SSSR count). The molecule has 0 bridgehead atoms. The average molecular weight is 401 g/mol. The van der Waals surface area contributed by atoms with Gasteiger partial charge in [0.15, 0.2) is 0 Å². The third kappa shape index (κ3) is 2.32. The second kappa shape index (κ2) is 6.11. The van der Waals surface area contributed by atoms with Crippen LogP contribution < -0.4 is 0 Å². The molecule has 0 radical (unpaired) electrons. The van der Waals surface area contributed by atoms with Crippen molar-refractivity contribution in [2.24, 2.45) is 0 Å². The number of furan rings is 1. The summed E-state index contributed by atoms with van der Waals surface area (Å²) >= 11 is 0. The van der Waals surface area contributed by atoms with Crippen molar-refractivity contribution >= 4 is 21.9 Å². The van der Waals surface area contributed by atoms with Gasteiger partial charge in [-0.1, -0.05) is 73.0 Å². The fourth-order valence-electron chi connectivity index (χ4n) is 6.21. The van der Waals surface area contributed by atoms with Crippen LogP contribution in [-0.2, 0) is 5.41 Å². The lowest BCUT2D eigenvalue weighted by atomic mass is 9.76. The standard InChI is InChI=1S/C30H24O/c1-19-8-11-22-23-12-9-21(18-27(23)30(26(22)16-19)14-4-5-15-30)20-10-13-29-25(17-20)24-6-2-3-7-28(24)31-29/h2-3,6-13,16-18H,4-5,14-15H2,1H3. The zero-order valence-corrected chi connectivity index (χ0v) is 17.7. The van der Waals surface area contributed by atoms with Crippen LogP contribution in [0, 0.1) is 6.92 Å². The van der Waals surface area contributed by atoms with Crippen LogP contribution in [-0.4, -0.2) is 0 Å². The van der Waals surface area contributed by atoms with Crippen molar-refractivity contribution in [1.29, 1.82) is 0 Å². The van der Waals surface area contributed by atoms with Gasteiger partial charge in [-0.2, -0.15) is 0 Å². The highest BCUT2D eigenvalue weighted by atomic mass is 16.3. The molecular formula is C30H24O. The summed E-state index contributed by atoms with van der Waals surface area (Å²) in [4.78, 5) is 0. The summed E-state index contributed by atoms with van der Waals surface area (Å²) in [5, 5.41) is 2.39. The maximum atomic E-state index is 6.05. The van der Waals surface area contributed by atoms with E-state index < -0.39 is 0 Å². The van der Waals surface area contributed by atoms with Crippen molar-refractivity contribution in [3.8, 4) is 22.3 Å². The van der Waals surface area contributed by atoms with Gasteiger partial charge in [-0.05, 0) is 77.4 Å². The lowest BCUT2D eigenvalue weighted by molar-refractivity contribution is 0.549. The molecule has 1 saturated carbocycles. The Bertz CT molecular complexity index is 1490. The molecule has 0 atom stereocenters. The third-order valence-corrected chi connectivity index (χ3v) is 7.68. The first-order valence-electron chi connectivity index (χ1n) is 11.4. The number of benzene rings is 4. The SMILES string of the molecule is Cc1ccc2c(c1)C1(CCCC1)c1cc(-c3ccc4oc5ccccc5c4c3)ccc1-2. The van der Waals surface area contributed by atoms with Crippen LogP contribution in [0.5, 0.6) is 0 Å². The maximum absolute atomic E-state index is 6.05. The Morgan fingerprint density at radius 3 is 2.19 bits per heavy atom. The van der Waals surface area contributed by atoms with Crippen LogP contribution >= 0.6 is 0 Å². The summed E-state index contributed by atoms with van der Waals surface area (Å²) in [5.41, 5.74) is 12.1. The third-order valence-electron chi connectivity index (χ3n) is 7.68. The number of aryl methyl sites for hydroxylation is 1. The number of fused-ring (bicyclic) bond motifs is 8. The summed E-state index contributed by atoms with van der Waals surface area (Å²) in [6.45, 7) is 2.22. The quantitative estimate of drug-likeness (QED) is 0.275. The van der Waals surface area contributed by atoms with E-state index >= 15 is 0 Å². The van der Waals surface area contributed by atoms with Crippen LogP contribution in [0.1, 0.15) is 42.4 Å². The molecule has 1 heteroatoms. The second-order valence-electron chi connectivity index (χ2n) is 9.41. The zero-order chi connectivity index (χ0) is 20.6. The van der Waals surface area contributed by atoms with Crippen molar-refractivity contribution in [3.05, 3.63) is 95.6 Å². The number of rotatable bonds is 1. The van der Waals surface area contributed by atoms with E-state index in [-0.39, 0.29) is 5.41 Å². The second-order valence-corrected chi connectivity index (χ2v) is 9.41. The Labute approximate surface area is 182 Å². The molecule has 1 heterocycles. The molecule has 4 aromatic carbocycles. The van der Waals surface area contributed by atoms with E-state index in [1.54, 1.807) is 11.1 Å². The highest BCUT2D eigenvalue weighted by Crippen LogP contribution is 2.57. The molecule has 31 heavy (non-hydrogen) atoms. The van der Waals surface area contributed by atoms with Crippen LogP contribution in [0.3, 0.4) is 0 Å². The minimum atomic E-state index is 0.207. The van der Waals surface area contributed by atoms with Gasteiger partial charge in [-0.25, -0.2) is 0 Å². The lowest BCUT2D eigenvalue weighted by Crippen LogP contribution is -2.20. The Balaban J connectivity index is 1.43. The van der Waals surface area contributed by atoms with E-state index in [0.717, 1.165) is 11.2 Å². The Hall–Kier alpha value is -3.32. The van der Waals surface area contributed by atoms with Gasteiger partial charge in [0.2, 0.25) is 0 Å². The zero-order valence-electron chi connectivity index (χ0n) is 17.7. The molecular weight excluding hydrogens is 376 g/mol. The van der Waals surface area contributed by atoms with Crippen molar-refractivity contribution in [3.63, 3.8) is 0 Å². The van der Waals surface area contributed by atoms with E-state index in [0.29, 0.717) is 0 Å². The molecule has 0 amide bonds. The lowest BCUT2D eigenvalue weighted by Gasteiger charge is -2.27. The average Bonchev–Trinajstić information content (AvgIpc) is 3.50. The van der Waals surface area contributed by atoms with Gasteiger partial charge in [0.05, 0.1) is 0 Å². The first-order valence-corrected chi connectivity index (χ1v) is 11.4. The molecule has 1 aromatic heterocycles. The van der Waals surface area contributed by atoms with Crippen molar-refractivity contribution in [1.82, 2.24) is 0 Å². The summed E-state index contributed by atoms with van der Waals surface area (Å²) in [6, 6.07) is 29.2. The predicted molar refractivity (Wildman–Crippen MR) is 129 cm³/mol. The van der Waals surface area contributed by atoms with Crippen LogP contribution in [0.4, 0.5) is 0 Å². The van der Waals surface area contributed by atoms with Crippen LogP contribution in [0.15, 0.2) is 83.3 Å². The van der Waals surface area contributed by atoms with Gasteiger partial charge in [0.25, 0.3) is 0 Å². The Morgan fingerprint density at radius 2 is 1.32 bits per heavy atom. The minimum absolute atomic E-state index is 0.207. The molecule has 150 valence electrons. The van der Waals surface area contributed by atoms with Gasteiger partial charge >= 0.3 is 0 Å². The van der Waals surface area contributed by atoms with Crippen molar-refractivity contribution < 1.29 is 4.42 Å². The molecule has 0 unspecified atom stereocenters. The largest absolute Gasteiger partial charge is 0.456 e. The topological polar surface area (TPSA) is 13.1 Å². The van der Waals surface area contributed by atoms with Crippen molar-refractivity contribution in [2.75, 3.05) is 0 Å². The minimum Gasteiger partial charge on any atom is -0.456 e. The number of para-hydroxylation sites is 1. The summed E-state index contributed by atoms with van der Waals surface area (Å²) in [7, 11) is 0. The van der Waals surface area contributed by atoms with Gasteiger partial charge < -0.3 is 4.42 Å². The summed E-state index contributed by atoms with van der Waals surface area (Å²) < 4.78 is 6.05. The molecule has 2 aliphatic rings. The van der Waals surface area contributed by atoms with Gasteiger partial charge in [0.1, 0.15) is 11.2 Å².